The third-order valence-electron chi connectivity index (χ3n) is 4.12. The van der Waals surface area contributed by atoms with Crippen LogP contribution >= 0.6 is 0 Å². The van der Waals surface area contributed by atoms with E-state index in [1.165, 1.54) is 5.56 Å². The summed E-state index contributed by atoms with van der Waals surface area (Å²) < 4.78 is 5.15. The Morgan fingerprint density at radius 3 is 2.48 bits per heavy atom. The molecule has 3 unspecified atom stereocenters. The van der Waals surface area contributed by atoms with Gasteiger partial charge in [-0.15, -0.1) is 0 Å². The van der Waals surface area contributed by atoms with E-state index in [-0.39, 0.29) is 23.8 Å². The van der Waals surface area contributed by atoms with Crippen LogP contribution in [0, 0.1) is 0 Å². The largest absolute Gasteiger partial charge is 0.507 e. The standard InChI is InChI=1S/C17H20N2O2/c1-11-16(12-6-4-3-5-7-12)17(19-18-11)14-9-8-13(21-2)10-15(14)20/h3-11,16-20H,1-2H3. The zero-order chi connectivity index (χ0) is 14.8. The lowest BCUT2D eigenvalue weighted by Gasteiger charge is -2.22. The molecule has 3 N–H and O–H groups in total. The second-order valence-corrected chi connectivity index (χ2v) is 5.42. The van der Waals surface area contributed by atoms with Gasteiger partial charge in [-0.25, -0.2) is 5.43 Å². The molecule has 2 aromatic rings. The molecular formula is C17H20N2O2. The first-order valence-corrected chi connectivity index (χ1v) is 7.13. The quantitative estimate of drug-likeness (QED) is 0.811. The van der Waals surface area contributed by atoms with Gasteiger partial charge in [0.2, 0.25) is 0 Å². The maximum atomic E-state index is 10.3. The van der Waals surface area contributed by atoms with Crippen molar-refractivity contribution in [1.29, 1.82) is 0 Å². The lowest BCUT2D eigenvalue weighted by Crippen LogP contribution is -2.29. The van der Waals surface area contributed by atoms with Crippen molar-refractivity contribution in [2.75, 3.05) is 7.11 Å². The Labute approximate surface area is 124 Å². The van der Waals surface area contributed by atoms with Gasteiger partial charge in [0.1, 0.15) is 11.5 Å². The van der Waals surface area contributed by atoms with E-state index >= 15 is 0 Å². The van der Waals surface area contributed by atoms with Crippen LogP contribution < -0.4 is 15.6 Å². The number of rotatable bonds is 3. The minimum atomic E-state index is 0.0216. The van der Waals surface area contributed by atoms with E-state index in [2.05, 4.69) is 29.9 Å². The molecule has 3 rings (SSSR count). The van der Waals surface area contributed by atoms with E-state index in [9.17, 15) is 5.11 Å². The lowest BCUT2D eigenvalue weighted by atomic mass is 9.84. The number of hydrazine groups is 1. The first-order chi connectivity index (χ1) is 10.2. The molecule has 4 heteroatoms. The van der Waals surface area contributed by atoms with E-state index in [0.717, 1.165) is 5.56 Å². The zero-order valence-electron chi connectivity index (χ0n) is 12.2. The van der Waals surface area contributed by atoms with Crippen LogP contribution in [0.25, 0.3) is 0 Å². The molecule has 0 aromatic heterocycles. The van der Waals surface area contributed by atoms with Gasteiger partial charge in [0.15, 0.2) is 0 Å². The average molecular weight is 284 g/mol. The number of aromatic hydroxyl groups is 1. The molecule has 4 nitrogen and oxygen atoms in total. The molecule has 1 aliphatic rings. The fourth-order valence-electron chi connectivity index (χ4n) is 3.03. The average Bonchev–Trinajstić information content (AvgIpc) is 2.89. The molecule has 1 aliphatic heterocycles. The highest BCUT2D eigenvalue weighted by atomic mass is 16.5. The van der Waals surface area contributed by atoms with Crippen molar-refractivity contribution in [2.45, 2.75) is 24.9 Å². The molecule has 0 amide bonds. The van der Waals surface area contributed by atoms with Crippen LogP contribution in [0.3, 0.4) is 0 Å². The molecule has 110 valence electrons. The molecule has 0 radical (unpaired) electrons. The highest BCUT2D eigenvalue weighted by molar-refractivity contribution is 5.44. The fourth-order valence-corrected chi connectivity index (χ4v) is 3.03. The minimum Gasteiger partial charge on any atom is -0.507 e. The third-order valence-corrected chi connectivity index (χ3v) is 4.12. The van der Waals surface area contributed by atoms with Crippen LogP contribution in [-0.4, -0.2) is 18.3 Å². The smallest absolute Gasteiger partial charge is 0.124 e. The summed E-state index contributed by atoms with van der Waals surface area (Å²) in [5.74, 6) is 1.17. The van der Waals surface area contributed by atoms with Crippen molar-refractivity contribution in [3.8, 4) is 11.5 Å². The van der Waals surface area contributed by atoms with Crippen molar-refractivity contribution in [3.63, 3.8) is 0 Å². The monoisotopic (exact) mass is 284 g/mol. The number of nitrogens with one attached hydrogen (secondary N) is 2. The van der Waals surface area contributed by atoms with Gasteiger partial charge >= 0.3 is 0 Å². The van der Waals surface area contributed by atoms with Crippen molar-refractivity contribution in [3.05, 3.63) is 59.7 Å². The number of phenolic OH excluding ortho intramolecular Hbond substituents is 1. The number of benzene rings is 2. The molecule has 3 atom stereocenters. The fraction of sp³-hybridized carbons (Fsp3) is 0.294. The first kappa shape index (κ1) is 13.9. The summed E-state index contributed by atoms with van der Waals surface area (Å²) in [4.78, 5) is 0. The first-order valence-electron chi connectivity index (χ1n) is 7.13. The Kier molecular flexibility index (Phi) is 3.82. The van der Waals surface area contributed by atoms with E-state index in [0.29, 0.717) is 5.75 Å². The van der Waals surface area contributed by atoms with Crippen molar-refractivity contribution in [2.24, 2.45) is 0 Å². The summed E-state index contributed by atoms with van der Waals surface area (Å²) >= 11 is 0. The zero-order valence-corrected chi connectivity index (χ0v) is 12.2. The number of ether oxygens (including phenoxy) is 1. The SMILES string of the molecule is COc1ccc(C2NNC(C)C2c2ccccc2)c(O)c1. The molecule has 0 aliphatic carbocycles. The third kappa shape index (κ3) is 2.60. The van der Waals surface area contributed by atoms with Gasteiger partial charge in [0.25, 0.3) is 0 Å². The van der Waals surface area contributed by atoms with Gasteiger partial charge in [-0.2, -0.15) is 0 Å². The number of phenols is 1. The number of hydrogen-bond acceptors (Lipinski definition) is 4. The van der Waals surface area contributed by atoms with Crippen LogP contribution in [0.4, 0.5) is 0 Å². The van der Waals surface area contributed by atoms with Gasteiger partial charge in [0, 0.05) is 23.6 Å². The van der Waals surface area contributed by atoms with Gasteiger partial charge in [-0.3, -0.25) is 5.43 Å². The van der Waals surface area contributed by atoms with E-state index < -0.39 is 0 Å². The molecule has 0 spiro atoms. The second-order valence-electron chi connectivity index (χ2n) is 5.42. The Bertz CT molecular complexity index is 615. The second kappa shape index (κ2) is 5.76. The normalized spacial score (nSPS) is 25.0. The summed E-state index contributed by atoms with van der Waals surface area (Å²) in [7, 11) is 1.60. The Morgan fingerprint density at radius 1 is 1.05 bits per heavy atom. The minimum absolute atomic E-state index is 0.0216. The molecule has 1 heterocycles. The predicted molar refractivity (Wildman–Crippen MR) is 82.3 cm³/mol. The van der Waals surface area contributed by atoms with E-state index in [4.69, 9.17) is 4.74 Å². The van der Waals surface area contributed by atoms with Crippen molar-refractivity contribution < 1.29 is 9.84 Å². The van der Waals surface area contributed by atoms with Crippen LogP contribution in [0.15, 0.2) is 48.5 Å². The molecule has 2 aromatic carbocycles. The van der Waals surface area contributed by atoms with Crippen LogP contribution in [0.1, 0.15) is 30.0 Å². The maximum absolute atomic E-state index is 10.3. The van der Waals surface area contributed by atoms with Crippen LogP contribution in [0.5, 0.6) is 11.5 Å². The summed E-state index contributed by atoms with van der Waals surface area (Å²) in [5, 5.41) is 10.3. The lowest BCUT2D eigenvalue weighted by molar-refractivity contribution is 0.403. The number of methoxy groups -OCH3 is 1. The van der Waals surface area contributed by atoms with Crippen LogP contribution in [0.2, 0.25) is 0 Å². The maximum Gasteiger partial charge on any atom is 0.124 e. The van der Waals surface area contributed by atoms with Crippen LogP contribution in [-0.2, 0) is 0 Å². The van der Waals surface area contributed by atoms with Gasteiger partial charge in [-0.05, 0) is 18.6 Å². The van der Waals surface area contributed by atoms with Gasteiger partial charge in [-0.1, -0.05) is 36.4 Å². The highest BCUT2D eigenvalue weighted by Gasteiger charge is 2.36. The topological polar surface area (TPSA) is 53.5 Å². The molecule has 0 bridgehead atoms. The van der Waals surface area contributed by atoms with Gasteiger partial charge in [0.05, 0.1) is 13.2 Å². The highest BCUT2D eigenvalue weighted by Crippen LogP contribution is 2.40. The molecule has 1 fully saturated rings. The van der Waals surface area contributed by atoms with Crippen molar-refractivity contribution in [1.82, 2.24) is 10.9 Å². The van der Waals surface area contributed by atoms with Gasteiger partial charge < -0.3 is 9.84 Å². The predicted octanol–water partition coefficient (Wildman–Crippen LogP) is 2.72. The number of hydrogen-bond donors (Lipinski definition) is 3. The molecule has 0 saturated carbocycles. The Hall–Kier alpha value is -2.04. The van der Waals surface area contributed by atoms with Crippen molar-refractivity contribution >= 4 is 0 Å². The molecular weight excluding hydrogens is 264 g/mol. The summed E-state index contributed by atoms with van der Waals surface area (Å²) in [6, 6.07) is 16.1. The van der Waals surface area contributed by atoms with E-state index in [1.807, 2.05) is 30.3 Å². The summed E-state index contributed by atoms with van der Waals surface area (Å²) in [6.45, 7) is 2.14. The molecule has 1 saturated heterocycles. The van der Waals surface area contributed by atoms with E-state index in [1.54, 1.807) is 13.2 Å². The molecule has 21 heavy (non-hydrogen) atoms. The summed E-state index contributed by atoms with van der Waals surface area (Å²) in [5.41, 5.74) is 8.71. The Morgan fingerprint density at radius 2 is 1.81 bits per heavy atom. The summed E-state index contributed by atoms with van der Waals surface area (Å²) in [6.07, 6.45) is 0. The Balaban J connectivity index is 1.97.